The molecule has 1 N–H and O–H groups in total. The summed E-state index contributed by atoms with van der Waals surface area (Å²) in [6.07, 6.45) is 9.77. The van der Waals surface area contributed by atoms with Crippen LogP contribution in [-0.4, -0.2) is 11.1 Å². The van der Waals surface area contributed by atoms with Crippen LogP contribution in [-0.2, 0) is 4.79 Å². The van der Waals surface area contributed by atoms with Gasteiger partial charge in [-0.2, -0.15) is 0 Å². The van der Waals surface area contributed by atoms with Gasteiger partial charge in [0, 0.05) is 5.57 Å². The Labute approximate surface area is 128 Å². The zero-order valence-electron chi connectivity index (χ0n) is 13.1. The van der Waals surface area contributed by atoms with Crippen LogP contribution >= 0.6 is 0 Å². The van der Waals surface area contributed by atoms with Crippen LogP contribution in [0.1, 0.15) is 57.9 Å². The fourth-order valence-electron chi connectivity index (χ4n) is 2.33. The molecule has 0 atom stereocenters. The third-order valence-electron chi connectivity index (χ3n) is 3.58. The topological polar surface area (TPSA) is 37.3 Å². The summed E-state index contributed by atoms with van der Waals surface area (Å²) in [7, 11) is 0. The summed E-state index contributed by atoms with van der Waals surface area (Å²) in [5, 5.41) is 9.44. The predicted molar refractivity (Wildman–Crippen MR) is 89.2 cm³/mol. The van der Waals surface area contributed by atoms with Gasteiger partial charge in [-0.15, -0.1) is 0 Å². The lowest BCUT2D eigenvalue weighted by Crippen LogP contribution is -2.04. The molecule has 0 saturated heterocycles. The van der Waals surface area contributed by atoms with E-state index >= 15 is 0 Å². The van der Waals surface area contributed by atoms with Gasteiger partial charge in [-0.25, -0.2) is 4.79 Å². The SMILES string of the molecule is CCCCCCC(C(=O)O)=C(C=Cc1ccccc1)CC. The Morgan fingerprint density at radius 2 is 1.81 bits per heavy atom. The maximum absolute atomic E-state index is 11.5. The summed E-state index contributed by atoms with van der Waals surface area (Å²) >= 11 is 0. The lowest BCUT2D eigenvalue weighted by atomic mass is 9.98. The molecule has 0 heterocycles. The first kappa shape index (κ1) is 17.2. The predicted octanol–water partition coefficient (Wildman–Crippen LogP) is 5.46. The van der Waals surface area contributed by atoms with E-state index in [0.717, 1.165) is 30.4 Å². The van der Waals surface area contributed by atoms with Gasteiger partial charge in [0.05, 0.1) is 0 Å². The van der Waals surface area contributed by atoms with E-state index in [4.69, 9.17) is 0 Å². The molecule has 1 aromatic carbocycles. The van der Waals surface area contributed by atoms with Gasteiger partial charge in [0.15, 0.2) is 0 Å². The number of unbranched alkanes of at least 4 members (excludes halogenated alkanes) is 3. The summed E-state index contributed by atoms with van der Waals surface area (Å²) in [4.78, 5) is 11.5. The van der Waals surface area contributed by atoms with E-state index in [1.165, 1.54) is 12.8 Å². The fourth-order valence-corrected chi connectivity index (χ4v) is 2.33. The van der Waals surface area contributed by atoms with Gasteiger partial charge in [0.25, 0.3) is 0 Å². The van der Waals surface area contributed by atoms with Gasteiger partial charge >= 0.3 is 5.97 Å². The molecule has 2 heteroatoms. The molecule has 0 bridgehead atoms. The Morgan fingerprint density at radius 1 is 1.10 bits per heavy atom. The van der Waals surface area contributed by atoms with Gasteiger partial charge in [-0.05, 0) is 30.4 Å². The quantitative estimate of drug-likeness (QED) is 0.372. The lowest BCUT2D eigenvalue weighted by Gasteiger charge is -2.07. The van der Waals surface area contributed by atoms with Crippen molar-refractivity contribution in [2.24, 2.45) is 0 Å². The Balaban J connectivity index is 2.82. The molecule has 1 aromatic rings. The number of carboxylic acid groups (broad SMARTS) is 1. The van der Waals surface area contributed by atoms with E-state index in [0.29, 0.717) is 12.0 Å². The number of hydrogen-bond acceptors (Lipinski definition) is 1. The van der Waals surface area contributed by atoms with E-state index < -0.39 is 5.97 Å². The van der Waals surface area contributed by atoms with Crippen molar-refractivity contribution in [3.05, 3.63) is 53.1 Å². The zero-order valence-corrected chi connectivity index (χ0v) is 13.1. The molecule has 0 aliphatic carbocycles. The van der Waals surface area contributed by atoms with Crippen LogP contribution < -0.4 is 0 Å². The standard InChI is InChI=1S/C19H26O2/c1-3-5-6-10-13-18(19(20)21)17(4-2)15-14-16-11-8-7-9-12-16/h7-9,11-12,14-15H,3-6,10,13H2,1-2H3,(H,20,21). The molecule has 2 nitrogen and oxygen atoms in total. The number of allylic oxidation sites excluding steroid dienone is 2. The number of carboxylic acids is 1. The average molecular weight is 286 g/mol. The molecule has 0 saturated carbocycles. The lowest BCUT2D eigenvalue weighted by molar-refractivity contribution is -0.132. The third kappa shape index (κ3) is 6.44. The van der Waals surface area contributed by atoms with Gasteiger partial charge < -0.3 is 5.11 Å². The van der Waals surface area contributed by atoms with Crippen LogP contribution in [0.15, 0.2) is 47.6 Å². The number of carbonyl (C=O) groups is 1. The molecule has 0 aliphatic heterocycles. The van der Waals surface area contributed by atoms with Crippen molar-refractivity contribution in [2.45, 2.75) is 52.4 Å². The molecule has 0 amide bonds. The van der Waals surface area contributed by atoms with Gasteiger partial charge in [-0.3, -0.25) is 0 Å². The minimum absolute atomic E-state index is 0.570. The number of benzene rings is 1. The molecule has 0 radical (unpaired) electrons. The number of hydrogen-bond donors (Lipinski definition) is 1. The third-order valence-corrected chi connectivity index (χ3v) is 3.58. The van der Waals surface area contributed by atoms with Crippen LogP contribution in [0.2, 0.25) is 0 Å². The van der Waals surface area contributed by atoms with E-state index in [1.54, 1.807) is 0 Å². The average Bonchev–Trinajstić information content (AvgIpc) is 2.50. The first-order chi connectivity index (χ1) is 10.2. The molecule has 1 rings (SSSR count). The Bertz CT molecular complexity index is 484. The highest BCUT2D eigenvalue weighted by atomic mass is 16.4. The first-order valence-electron chi connectivity index (χ1n) is 7.87. The summed E-state index contributed by atoms with van der Waals surface area (Å²) in [6.45, 7) is 4.17. The molecule has 21 heavy (non-hydrogen) atoms. The highest BCUT2D eigenvalue weighted by molar-refractivity contribution is 5.88. The van der Waals surface area contributed by atoms with E-state index in [1.807, 2.05) is 49.4 Å². The molecule has 0 fully saturated rings. The van der Waals surface area contributed by atoms with E-state index in [-0.39, 0.29) is 0 Å². The first-order valence-corrected chi connectivity index (χ1v) is 7.87. The van der Waals surface area contributed by atoms with Crippen LogP contribution in [0.4, 0.5) is 0 Å². The number of aliphatic carboxylic acids is 1. The Morgan fingerprint density at radius 3 is 2.38 bits per heavy atom. The minimum atomic E-state index is -0.777. The van der Waals surface area contributed by atoms with Crippen molar-refractivity contribution >= 4 is 12.0 Å². The van der Waals surface area contributed by atoms with Crippen molar-refractivity contribution in [2.75, 3.05) is 0 Å². The Hall–Kier alpha value is -1.83. The molecular weight excluding hydrogens is 260 g/mol. The summed E-state index contributed by atoms with van der Waals surface area (Å²) in [5.74, 6) is -0.777. The van der Waals surface area contributed by atoms with Crippen molar-refractivity contribution < 1.29 is 9.90 Å². The van der Waals surface area contributed by atoms with Crippen LogP contribution in [0.3, 0.4) is 0 Å². The normalized spacial score (nSPS) is 12.5. The second-order valence-corrected chi connectivity index (χ2v) is 5.22. The second-order valence-electron chi connectivity index (χ2n) is 5.22. The van der Waals surface area contributed by atoms with Crippen molar-refractivity contribution in [1.29, 1.82) is 0 Å². The fraction of sp³-hybridized carbons (Fsp3) is 0.421. The van der Waals surface area contributed by atoms with E-state index in [9.17, 15) is 9.90 Å². The van der Waals surface area contributed by atoms with Gasteiger partial charge in [0.2, 0.25) is 0 Å². The van der Waals surface area contributed by atoms with Crippen LogP contribution in [0.25, 0.3) is 6.08 Å². The highest BCUT2D eigenvalue weighted by Crippen LogP contribution is 2.19. The van der Waals surface area contributed by atoms with Crippen LogP contribution in [0, 0.1) is 0 Å². The smallest absolute Gasteiger partial charge is 0.331 e. The van der Waals surface area contributed by atoms with Gasteiger partial charge in [-0.1, -0.05) is 75.6 Å². The summed E-state index contributed by atoms with van der Waals surface area (Å²) in [5.41, 5.74) is 2.60. The molecular formula is C19H26O2. The summed E-state index contributed by atoms with van der Waals surface area (Å²) < 4.78 is 0. The van der Waals surface area contributed by atoms with E-state index in [2.05, 4.69) is 6.92 Å². The molecule has 0 unspecified atom stereocenters. The monoisotopic (exact) mass is 286 g/mol. The number of rotatable bonds is 9. The second kappa shape index (κ2) is 9.98. The van der Waals surface area contributed by atoms with Crippen LogP contribution in [0.5, 0.6) is 0 Å². The maximum Gasteiger partial charge on any atom is 0.331 e. The molecule has 0 aromatic heterocycles. The molecule has 0 spiro atoms. The van der Waals surface area contributed by atoms with Crippen molar-refractivity contribution in [1.82, 2.24) is 0 Å². The zero-order chi connectivity index (χ0) is 15.5. The highest BCUT2D eigenvalue weighted by Gasteiger charge is 2.11. The van der Waals surface area contributed by atoms with Crippen molar-refractivity contribution in [3.8, 4) is 0 Å². The minimum Gasteiger partial charge on any atom is -0.478 e. The Kier molecular flexibility index (Phi) is 8.18. The van der Waals surface area contributed by atoms with Gasteiger partial charge in [0.1, 0.15) is 0 Å². The molecule has 0 aliphatic rings. The summed E-state index contributed by atoms with van der Waals surface area (Å²) in [6, 6.07) is 9.98. The van der Waals surface area contributed by atoms with Crippen molar-refractivity contribution in [3.63, 3.8) is 0 Å². The molecule has 114 valence electrons. The maximum atomic E-state index is 11.5. The largest absolute Gasteiger partial charge is 0.478 e.